The standard InChI is InChI=1S/C15H20BrNO3/c1-15(2,3)20-14(18)17-8-7-10-11(9-17)12(16)5-6-13(10)19-4/h5-6H,7-9H2,1-4H3. The maximum Gasteiger partial charge on any atom is 0.410 e. The maximum atomic E-state index is 12.1. The number of hydrogen-bond donors (Lipinski definition) is 0. The van der Waals surface area contributed by atoms with Gasteiger partial charge in [-0.15, -0.1) is 0 Å². The number of hydrogen-bond acceptors (Lipinski definition) is 3. The molecule has 0 N–H and O–H groups in total. The summed E-state index contributed by atoms with van der Waals surface area (Å²) >= 11 is 3.55. The third kappa shape index (κ3) is 3.26. The molecule has 2 rings (SSSR count). The number of amides is 1. The minimum absolute atomic E-state index is 0.266. The Morgan fingerprint density at radius 1 is 1.30 bits per heavy atom. The van der Waals surface area contributed by atoms with Crippen molar-refractivity contribution in [2.45, 2.75) is 39.3 Å². The van der Waals surface area contributed by atoms with Crippen molar-refractivity contribution in [1.29, 1.82) is 0 Å². The molecule has 1 heterocycles. The van der Waals surface area contributed by atoms with Crippen LogP contribution in [0.15, 0.2) is 16.6 Å². The van der Waals surface area contributed by atoms with Crippen molar-refractivity contribution in [3.8, 4) is 5.75 Å². The third-order valence-corrected chi connectivity index (χ3v) is 3.93. The number of benzene rings is 1. The van der Waals surface area contributed by atoms with Crippen LogP contribution in [0.3, 0.4) is 0 Å². The molecule has 1 amide bonds. The zero-order chi connectivity index (χ0) is 14.9. The number of rotatable bonds is 1. The molecule has 1 aliphatic rings. The zero-order valence-corrected chi connectivity index (χ0v) is 13.9. The van der Waals surface area contributed by atoms with Crippen molar-refractivity contribution in [1.82, 2.24) is 4.90 Å². The number of nitrogens with zero attached hydrogens (tertiary/aromatic N) is 1. The SMILES string of the molecule is COc1ccc(Br)c2c1CCN(C(=O)OC(C)(C)C)C2. The van der Waals surface area contributed by atoms with Gasteiger partial charge in [0.1, 0.15) is 11.4 Å². The first kappa shape index (κ1) is 15.2. The van der Waals surface area contributed by atoms with Gasteiger partial charge in [0.05, 0.1) is 13.7 Å². The van der Waals surface area contributed by atoms with Crippen LogP contribution in [0.4, 0.5) is 4.79 Å². The highest BCUT2D eigenvalue weighted by molar-refractivity contribution is 9.10. The molecule has 0 spiro atoms. The summed E-state index contributed by atoms with van der Waals surface area (Å²) in [5.41, 5.74) is 1.80. The van der Waals surface area contributed by atoms with Gasteiger partial charge in [-0.1, -0.05) is 15.9 Å². The van der Waals surface area contributed by atoms with Crippen molar-refractivity contribution in [3.63, 3.8) is 0 Å². The van der Waals surface area contributed by atoms with Gasteiger partial charge in [0.15, 0.2) is 0 Å². The lowest BCUT2D eigenvalue weighted by Gasteiger charge is -2.32. The number of methoxy groups -OCH3 is 1. The molecule has 0 fully saturated rings. The fourth-order valence-electron chi connectivity index (χ4n) is 2.28. The Labute approximate surface area is 128 Å². The lowest BCUT2D eigenvalue weighted by Crippen LogP contribution is -2.40. The van der Waals surface area contributed by atoms with Crippen LogP contribution < -0.4 is 4.74 Å². The van der Waals surface area contributed by atoms with Crippen LogP contribution >= 0.6 is 15.9 Å². The molecule has 1 aliphatic heterocycles. The van der Waals surface area contributed by atoms with Gasteiger partial charge in [-0.05, 0) is 44.9 Å². The maximum absolute atomic E-state index is 12.1. The average molecular weight is 342 g/mol. The number of fused-ring (bicyclic) bond motifs is 1. The van der Waals surface area contributed by atoms with E-state index in [1.54, 1.807) is 12.0 Å². The summed E-state index contributed by atoms with van der Waals surface area (Å²) in [6.45, 7) is 6.82. The van der Waals surface area contributed by atoms with E-state index in [1.807, 2.05) is 32.9 Å². The molecule has 0 atom stereocenters. The van der Waals surface area contributed by atoms with E-state index in [4.69, 9.17) is 9.47 Å². The summed E-state index contributed by atoms with van der Waals surface area (Å²) in [4.78, 5) is 13.9. The topological polar surface area (TPSA) is 38.8 Å². The predicted molar refractivity (Wildman–Crippen MR) is 81.0 cm³/mol. The first-order chi connectivity index (χ1) is 9.31. The molecule has 0 bridgehead atoms. The lowest BCUT2D eigenvalue weighted by atomic mass is 9.99. The molecule has 0 unspecified atom stereocenters. The second kappa shape index (κ2) is 5.64. The monoisotopic (exact) mass is 341 g/mol. The van der Waals surface area contributed by atoms with E-state index < -0.39 is 5.60 Å². The molecule has 0 aliphatic carbocycles. The van der Waals surface area contributed by atoms with E-state index in [-0.39, 0.29) is 6.09 Å². The van der Waals surface area contributed by atoms with Crippen molar-refractivity contribution in [3.05, 3.63) is 27.7 Å². The second-order valence-corrected chi connectivity index (χ2v) is 6.71. The first-order valence-corrected chi connectivity index (χ1v) is 7.43. The quantitative estimate of drug-likeness (QED) is 0.780. The van der Waals surface area contributed by atoms with Gasteiger partial charge >= 0.3 is 6.09 Å². The van der Waals surface area contributed by atoms with E-state index in [0.29, 0.717) is 13.1 Å². The Balaban J connectivity index is 2.21. The van der Waals surface area contributed by atoms with Crippen LogP contribution in [0, 0.1) is 0 Å². The van der Waals surface area contributed by atoms with E-state index in [2.05, 4.69) is 15.9 Å². The normalized spacial score (nSPS) is 14.8. The predicted octanol–water partition coefficient (Wildman–Crippen LogP) is 3.75. The minimum Gasteiger partial charge on any atom is -0.496 e. The van der Waals surface area contributed by atoms with Gasteiger partial charge in [0, 0.05) is 16.6 Å². The van der Waals surface area contributed by atoms with Gasteiger partial charge in [0.2, 0.25) is 0 Å². The van der Waals surface area contributed by atoms with Crippen LogP contribution in [0.25, 0.3) is 0 Å². The van der Waals surface area contributed by atoms with Crippen LogP contribution in [-0.4, -0.2) is 30.2 Å². The van der Waals surface area contributed by atoms with Crippen LogP contribution in [-0.2, 0) is 17.7 Å². The van der Waals surface area contributed by atoms with Crippen LogP contribution in [0.2, 0.25) is 0 Å². The van der Waals surface area contributed by atoms with E-state index in [9.17, 15) is 4.79 Å². The highest BCUT2D eigenvalue weighted by Gasteiger charge is 2.28. The average Bonchev–Trinajstić information content (AvgIpc) is 2.37. The molecule has 110 valence electrons. The molecule has 0 saturated heterocycles. The minimum atomic E-state index is -0.469. The highest BCUT2D eigenvalue weighted by Crippen LogP contribution is 2.33. The second-order valence-electron chi connectivity index (χ2n) is 5.86. The van der Waals surface area contributed by atoms with Crippen LogP contribution in [0.1, 0.15) is 31.9 Å². The molecule has 5 heteroatoms. The summed E-state index contributed by atoms with van der Waals surface area (Å²) in [7, 11) is 1.67. The number of carbonyl (C=O) groups is 1. The molecule has 0 saturated carbocycles. The summed E-state index contributed by atoms with van der Waals surface area (Å²) < 4.78 is 11.8. The molecular formula is C15H20BrNO3. The summed E-state index contributed by atoms with van der Waals surface area (Å²) in [5.74, 6) is 0.882. The van der Waals surface area contributed by atoms with Gasteiger partial charge in [-0.3, -0.25) is 0 Å². The fourth-order valence-corrected chi connectivity index (χ4v) is 2.78. The third-order valence-electron chi connectivity index (χ3n) is 3.18. The Hall–Kier alpha value is -1.23. The van der Waals surface area contributed by atoms with Gasteiger partial charge in [-0.25, -0.2) is 4.79 Å². The van der Waals surface area contributed by atoms with Gasteiger partial charge in [0.25, 0.3) is 0 Å². The van der Waals surface area contributed by atoms with Gasteiger partial charge < -0.3 is 14.4 Å². The molecule has 1 aromatic carbocycles. The largest absolute Gasteiger partial charge is 0.496 e. The fraction of sp³-hybridized carbons (Fsp3) is 0.533. The first-order valence-electron chi connectivity index (χ1n) is 6.64. The zero-order valence-electron chi connectivity index (χ0n) is 12.3. The Kier molecular flexibility index (Phi) is 4.28. The number of carbonyl (C=O) groups excluding carboxylic acids is 1. The van der Waals surface area contributed by atoms with Crippen molar-refractivity contribution >= 4 is 22.0 Å². The van der Waals surface area contributed by atoms with Crippen molar-refractivity contribution in [2.24, 2.45) is 0 Å². The molecule has 1 aromatic rings. The Morgan fingerprint density at radius 2 is 2.00 bits per heavy atom. The number of ether oxygens (including phenoxy) is 2. The Morgan fingerprint density at radius 3 is 2.60 bits per heavy atom. The summed E-state index contributed by atoms with van der Waals surface area (Å²) in [6.07, 6.45) is 0.509. The Bertz CT molecular complexity index is 523. The van der Waals surface area contributed by atoms with Crippen LogP contribution in [0.5, 0.6) is 5.75 Å². The molecule has 0 radical (unpaired) electrons. The van der Waals surface area contributed by atoms with E-state index >= 15 is 0 Å². The summed E-state index contributed by atoms with van der Waals surface area (Å²) in [6, 6.07) is 3.91. The highest BCUT2D eigenvalue weighted by atomic mass is 79.9. The molecule has 20 heavy (non-hydrogen) atoms. The van der Waals surface area contributed by atoms with E-state index in [1.165, 1.54) is 5.56 Å². The number of halogens is 1. The lowest BCUT2D eigenvalue weighted by molar-refractivity contribution is 0.0222. The van der Waals surface area contributed by atoms with Gasteiger partial charge in [-0.2, -0.15) is 0 Å². The molecule has 0 aromatic heterocycles. The van der Waals surface area contributed by atoms with E-state index in [0.717, 1.165) is 22.2 Å². The summed E-state index contributed by atoms with van der Waals surface area (Å²) in [5, 5.41) is 0. The van der Waals surface area contributed by atoms with Crippen molar-refractivity contribution in [2.75, 3.05) is 13.7 Å². The van der Waals surface area contributed by atoms with Crippen molar-refractivity contribution < 1.29 is 14.3 Å². The molecular weight excluding hydrogens is 322 g/mol. The molecule has 4 nitrogen and oxygen atoms in total. The smallest absolute Gasteiger partial charge is 0.410 e.